The van der Waals surface area contributed by atoms with E-state index in [2.05, 4.69) is 5.32 Å². The number of hydrogen-bond acceptors (Lipinski definition) is 2. The van der Waals surface area contributed by atoms with Crippen LogP contribution in [0.25, 0.3) is 0 Å². The monoisotopic (exact) mass is 309 g/mol. The minimum Gasteiger partial charge on any atom is -0.478 e. The van der Waals surface area contributed by atoms with Gasteiger partial charge in [0.2, 0.25) is 0 Å². The van der Waals surface area contributed by atoms with Gasteiger partial charge in [-0.15, -0.1) is 0 Å². The Bertz CT molecular complexity index is 669. The van der Waals surface area contributed by atoms with Gasteiger partial charge in [-0.05, 0) is 42.5 Å². The molecule has 0 heterocycles. The minimum atomic E-state index is -1.03. The van der Waals surface area contributed by atoms with E-state index in [1.165, 1.54) is 36.4 Å². The highest BCUT2D eigenvalue weighted by Gasteiger charge is 2.11. The molecule has 102 valence electrons. The van der Waals surface area contributed by atoms with Gasteiger partial charge in [-0.1, -0.05) is 23.2 Å². The van der Waals surface area contributed by atoms with Crippen molar-refractivity contribution in [3.05, 3.63) is 63.6 Å². The third-order valence-electron chi connectivity index (χ3n) is 2.56. The van der Waals surface area contributed by atoms with Crippen LogP contribution in [-0.2, 0) is 0 Å². The second kappa shape index (κ2) is 5.94. The molecular formula is C14H9Cl2NO3. The van der Waals surface area contributed by atoms with E-state index in [4.69, 9.17) is 28.3 Å². The lowest BCUT2D eigenvalue weighted by molar-refractivity contribution is 0.0696. The first kappa shape index (κ1) is 14.4. The first-order valence-corrected chi connectivity index (χ1v) is 6.33. The third kappa shape index (κ3) is 3.29. The van der Waals surface area contributed by atoms with Crippen LogP contribution >= 0.6 is 23.2 Å². The summed E-state index contributed by atoms with van der Waals surface area (Å²) in [6.07, 6.45) is 0. The van der Waals surface area contributed by atoms with E-state index in [-0.39, 0.29) is 16.1 Å². The van der Waals surface area contributed by atoms with Crippen LogP contribution in [0.15, 0.2) is 42.5 Å². The summed E-state index contributed by atoms with van der Waals surface area (Å²) in [5.74, 6) is -1.44. The van der Waals surface area contributed by atoms with Gasteiger partial charge in [0.25, 0.3) is 5.91 Å². The number of aromatic carboxylic acids is 1. The minimum absolute atomic E-state index is 0.142. The second-order valence-electron chi connectivity index (χ2n) is 3.96. The smallest absolute Gasteiger partial charge is 0.335 e. The number of hydrogen-bond donors (Lipinski definition) is 2. The fourth-order valence-corrected chi connectivity index (χ4v) is 1.94. The lowest BCUT2D eigenvalue weighted by atomic mass is 10.2. The standard InChI is InChI=1S/C14H9Cl2NO3/c15-9-3-6-12(16)11(7-9)13(18)17-10-4-1-8(2-5-10)14(19)20/h1-7H,(H,17,18)(H,19,20). The molecule has 0 saturated heterocycles. The van der Waals surface area contributed by atoms with E-state index in [0.717, 1.165) is 0 Å². The number of amides is 1. The van der Waals surface area contributed by atoms with Crippen LogP contribution in [0.4, 0.5) is 5.69 Å². The molecule has 4 nitrogen and oxygen atoms in total. The number of carbonyl (C=O) groups excluding carboxylic acids is 1. The van der Waals surface area contributed by atoms with Crippen LogP contribution in [0.3, 0.4) is 0 Å². The van der Waals surface area contributed by atoms with Crippen LogP contribution in [0, 0.1) is 0 Å². The molecule has 2 aromatic rings. The summed E-state index contributed by atoms with van der Waals surface area (Å²) >= 11 is 11.7. The van der Waals surface area contributed by atoms with Crippen molar-refractivity contribution in [1.82, 2.24) is 0 Å². The van der Waals surface area contributed by atoms with Gasteiger partial charge in [-0.25, -0.2) is 4.79 Å². The van der Waals surface area contributed by atoms with Gasteiger partial charge in [0.15, 0.2) is 0 Å². The highest BCUT2D eigenvalue weighted by molar-refractivity contribution is 6.36. The molecule has 0 bridgehead atoms. The maximum absolute atomic E-state index is 12.0. The predicted molar refractivity (Wildman–Crippen MR) is 77.8 cm³/mol. The molecular weight excluding hydrogens is 301 g/mol. The molecule has 1 amide bonds. The van der Waals surface area contributed by atoms with E-state index in [1.807, 2.05) is 0 Å². The maximum atomic E-state index is 12.0. The Morgan fingerprint density at radius 2 is 1.65 bits per heavy atom. The Kier molecular flexibility index (Phi) is 4.27. The number of carbonyl (C=O) groups is 2. The topological polar surface area (TPSA) is 66.4 Å². The number of carboxylic acid groups (broad SMARTS) is 1. The summed E-state index contributed by atoms with van der Waals surface area (Å²) in [4.78, 5) is 22.8. The van der Waals surface area contributed by atoms with Gasteiger partial charge in [0.1, 0.15) is 0 Å². The van der Waals surface area contributed by atoms with Gasteiger partial charge in [-0.2, -0.15) is 0 Å². The maximum Gasteiger partial charge on any atom is 0.335 e. The van der Waals surface area contributed by atoms with Crippen molar-refractivity contribution in [2.24, 2.45) is 0 Å². The second-order valence-corrected chi connectivity index (χ2v) is 4.80. The number of nitrogens with one attached hydrogen (secondary N) is 1. The molecule has 2 N–H and O–H groups in total. The summed E-state index contributed by atoms with van der Waals surface area (Å²) in [6.45, 7) is 0. The summed E-state index contributed by atoms with van der Waals surface area (Å²) in [5.41, 5.74) is 0.862. The van der Waals surface area contributed by atoms with Crippen LogP contribution in [0.2, 0.25) is 10.0 Å². The van der Waals surface area contributed by atoms with Crippen LogP contribution in [0.1, 0.15) is 20.7 Å². The van der Waals surface area contributed by atoms with Crippen molar-refractivity contribution in [3.63, 3.8) is 0 Å². The number of rotatable bonds is 3. The Morgan fingerprint density at radius 3 is 2.25 bits per heavy atom. The molecule has 0 aliphatic carbocycles. The SMILES string of the molecule is O=C(O)c1ccc(NC(=O)c2cc(Cl)ccc2Cl)cc1. The van der Waals surface area contributed by atoms with Gasteiger partial charge in [0, 0.05) is 10.7 Å². The first-order chi connectivity index (χ1) is 9.47. The van der Waals surface area contributed by atoms with Crippen LogP contribution in [0.5, 0.6) is 0 Å². The fourth-order valence-electron chi connectivity index (χ4n) is 1.57. The van der Waals surface area contributed by atoms with Crippen molar-refractivity contribution < 1.29 is 14.7 Å². The van der Waals surface area contributed by atoms with Crippen molar-refractivity contribution in [1.29, 1.82) is 0 Å². The summed E-state index contributed by atoms with van der Waals surface area (Å²) < 4.78 is 0. The molecule has 6 heteroatoms. The van der Waals surface area contributed by atoms with E-state index < -0.39 is 11.9 Å². The van der Waals surface area contributed by atoms with Crippen molar-refractivity contribution >= 4 is 40.8 Å². The van der Waals surface area contributed by atoms with E-state index in [1.54, 1.807) is 6.07 Å². The zero-order valence-electron chi connectivity index (χ0n) is 10.1. The van der Waals surface area contributed by atoms with Gasteiger partial charge in [0.05, 0.1) is 16.1 Å². The average molecular weight is 310 g/mol. The lowest BCUT2D eigenvalue weighted by Crippen LogP contribution is -2.12. The average Bonchev–Trinajstić information content (AvgIpc) is 2.42. The third-order valence-corrected chi connectivity index (χ3v) is 3.13. The fraction of sp³-hybridized carbons (Fsp3) is 0. The van der Waals surface area contributed by atoms with Crippen molar-refractivity contribution in [2.45, 2.75) is 0 Å². The molecule has 0 atom stereocenters. The molecule has 2 aromatic carbocycles. The van der Waals surface area contributed by atoms with Crippen LogP contribution < -0.4 is 5.32 Å². The van der Waals surface area contributed by atoms with Gasteiger partial charge in [-0.3, -0.25) is 4.79 Å². The molecule has 0 saturated carbocycles. The lowest BCUT2D eigenvalue weighted by Gasteiger charge is -2.07. The molecule has 0 unspecified atom stereocenters. The summed E-state index contributed by atoms with van der Waals surface area (Å²) in [6, 6.07) is 10.4. The molecule has 2 rings (SSSR count). The number of anilines is 1. The number of halogens is 2. The molecule has 20 heavy (non-hydrogen) atoms. The van der Waals surface area contributed by atoms with Gasteiger partial charge >= 0.3 is 5.97 Å². The largest absolute Gasteiger partial charge is 0.478 e. The normalized spacial score (nSPS) is 10.1. The number of carboxylic acids is 1. The molecule has 0 fully saturated rings. The first-order valence-electron chi connectivity index (χ1n) is 5.57. The van der Waals surface area contributed by atoms with E-state index in [0.29, 0.717) is 10.7 Å². The zero-order chi connectivity index (χ0) is 14.7. The summed E-state index contributed by atoms with van der Waals surface area (Å²) in [5, 5.41) is 12.1. The Hall–Kier alpha value is -2.04. The zero-order valence-corrected chi connectivity index (χ0v) is 11.6. The highest BCUT2D eigenvalue weighted by Crippen LogP contribution is 2.22. The molecule has 0 spiro atoms. The Morgan fingerprint density at radius 1 is 1.00 bits per heavy atom. The Balaban J connectivity index is 2.19. The highest BCUT2D eigenvalue weighted by atomic mass is 35.5. The Labute approximate surface area is 124 Å². The molecule has 0 aliphatic heterocycles. The van der Waals surface area contributed by atoms with Crippen molar-refractivity contribution in [3.8, 4) is 0 Å². The van der Waals surface area contributed by atoms with Gasteiger partial charge < -0.3 is 10.4 Å². The predicted octanol–water partition coefficient (Wildman–Crippen LogP) is 3.94. The summed E-state index contributed by atoms with van der Waals surface area (Å²) in [7, 11) is 0. The molecule has 0 aromatic heterocycles. The molecule has 0 aliphatic rings. The van der Waals surface area contributed by atoms with Crippen molar-refractivity contribution in [2.75, 3.05) is 5.32 Å². The number of benzene rings is 2. The van der Waals surface area contributed by atoms with E-state index >= 15 is 0 Å². The molecule has 0 radical (unpaired) electrons. The van der Waals surface area contributed by atoms with E-state index in [9.17, 15) is 9.59 Å². The quantitative estimate of drug-likeness (QED) is 0.902. The van der Waals surface area contributed by atoms with Crippen LogP contribution in [-0.4, -0.2) is 17.0 Å².